The van der Waals surface area contributed by atoms with Crippen molar-refractivity contribution in [3.8, 4) is 11.5 Å². The predicted octanol–water partition coefficient (Wildman–Crippen LogP) is 3.98. The van der Waals surface area contributed by atoms with Crippen LogP contribution in [0, 0.1) is 6.92 Å². The number of nitrogens with two attached hydrogens (primary N) is 1. The smallest absolute Gasteiger partial charge is 0.416 e. The number of aryl methyl sites for hydroxylation is 1. The molecule has 12 heteroatoms. The number of amides is 4. The SMILES string of the molecule is CNC(=O)c1cc(Oc2ccc(CNC(=O)Nc3cc(C(F)(F)F)cc(C)c3C(N)=O)cc2)ccn1. The van der Waals surface area contributed by atoms with Gasteiger partial charge in [0.1, 0.15) is 17.2 Å². The molecule has 3 rings (SSSR count). The Balaban J connectivity index is 1.64. The van der Waals surface area contributed by atoms with Gasteiger partial charge in [-0.25, -0.2) is 4.79 Å². The van der Waals surface area contributed by atoms with Gasteiger partial charge in [0.25, 0.3) is 11.8 Å². The maximum Gasteiger partial charge on any atom is 0.416 e. The highest BCUT2D eigenvalue weighted by Gasteiger charge is 2.32. The third kappa shape index (κ3) is 6.50. The first-order valence-electron chi connectivity index (χ1n) is 10.5. The maximum atomic E-state index is 13.2. The van der Waals surface area contributed by atoms with Gasteiger partial charge in [0.2, 0.25) is 0 Å². The van der Waals surface area contributed by atoms with Crippen molar-refractivity contribution in [1.82, 2.24) is 15.6 Å². The highest BCUT2D eigenvalue weighted by molar-refractivity contribution is 6.04. The van der Waals surface area contributed by atoms with Gasteiger partial charge in [-0.2, -0.15) is 13.2 Å². The van der Waals surface area contributed by atoms with E-state index in [0.717, 1.165) is 6.07 Å². The summed E-state index contributed by atoms with van der Waals surface area (Å²) in [5.41, 5.74) is 4.55. The number of pyridine rings is 1. The van der Waals surface area contributed by atoms with Crippen molar-refractivity contribution in [3.63, 3.8) is 0 Å². The molecule has 0 saturated heterocycles. The number of urea groups is 1. The largest absolute Gasteiger partial charge is 0.457 e. The number of alkyl halides is 3. The Morgan fingerprint density at radius 2 is 1.72 bits per heavy atom. The molecule has 0 atom stereocenters. The molecule has 1 aromatic heterocycles. The highest BCUT2D eigenvalue weighted by atomic mass is 19.4. The van der Waals surface area contributed by atoms with E-state index < -0.39 is 23.7 Å². The van der Waals surface area contributed by atoms with Gasteiger partial charge >= 0.3 is 12.2 Å². The minimum Gasteiger partial charge on any atom is -0.457 e. The molecule has 0 aliphatic carbocycles. The van der Waals surface area contributed by atoms with Crippen LogP contribution in [0.3, 0.4) is 0 Å². The summed E-state index contributed by atoms with van der Waals surface area (Å²) < 4.78 is 45.2. The Labute approximate surface area is 203 Å². The average Bonchev–Trinajstić information content (AvgIpc) is 2.82. The summed E-state index contributed by atoms with van der Waals surface area (Å²) in [5.74, 6) is -0.467. The molecule has 188 valence electrons. The van der Waals surface area contributed by atoms with Crippen LogP contribution >= 0.6 is 0 Å². The third-order valence-electron chi connectivity index (χ3n) is 4.96. The Bertz CT molecular complexity index is 1290. The molecule has 2 aromatic carbocycles. The summed E-state index contributed by atoms with van der Waals surface area (Å²) in [4.78, 5) is 39.7. The molecule has 4 amide bonds. The Morgan fingerprint density at radius 3 is 2.33 bits per heavy atom. The Morgan fingerprint density at radius 1 is 1.03 bits per heavy atom. The van der Waals surface area contributed by atoms with Crippen LogP contribution in [0.5, 0.6) is 11.5 Å². The standard InChI is InChI=1S/C24H22F3N5O4/c1-13-9-15(24(25,26)27)10-18(20(13)21(28)33)32-23(35)31-12-14-3-5-16(6-4-14)36-17-7-8-30-19(11-17)22(34)29-2/h3-11H,12H2,1-2H3,(H2,28,33)(H,29,34)(H2,31,32,35). The van der Waals surface area contributed by atoms with Crippen molar-refractivity contribution < 1.29 is 32.3 Å². The van der Waals surface area contributed by atoms with Crippen molar-refractivity contribution in [3.05, 3.63) is 82.7 Å². The molecule has 1 heterocycles. The van der Waals surface area contributed by atoms with Crippen LogP contribution in [0.2, 0.25) is 0 Å². The van der Waals surface area contributed by atoms with Gasteiger partial charge in [-0.3, -0.25) is 14.6 Å². The zero-order valence-corrected chi connectivity index (χ0v) is 19.2. The van der Waals surface area contributed by atoms with E-state index in [9.17, 15) is 27.6 Å². The lowest BCUT2D eigenvalue weighted by molar-refractivity contribution is -0.137. The molecule has 0 unspecified atom stereocenters. The fourth-order valence-corrected chi connectivity index (χ4v) is 3.26. The normalized spacial score (nSPS) is 10.9. The molecule has 9 nitrogen and oxygen atoms in total. The van der Waals surface area contributed by atoms with Crippen LogP contribution in [-0.4, -0.2) is 29.9 Å². The van der Waals surface area contributed by atoms with Crippen molar-refractivity contribution in [2.24, 2.45) is 5.73 Å². The number of aromatic nitrogens is 1. The van der Waals surface area contributed by atoms with Crippen LogP contribution in [0.1, 0.15) is 37.5 Å². The number of nitrogens with zero attached hydrogens (tertiary/aromatic N) is 1. The molecule has 0 saturated carbocycles. The topological polar surface area (TPSA) is 135 Å². The molecule has 5 N–H and O–H groups in total. The molecule has 0 bridgehead atoms. The molecule has 0 radical (unpaired) electrons. The third-order valence-corrected chi connectivity index (χ3v) is 4.96. The van der Waals surface area contributed by atoms with E-state index in [4.69, 9.17) is 10.5 Å². The predicted molar refractivity (Wildman–Crippen MR) is 125 cm³/mol. The van der Waals surface area contributed by atoms with Crippen LogP contribution in [-0.2, 0) is 12.7 Å². The lowest BCUT2D eigenvalue weighted by atomic mass is 10.0. The summed E-state index contributed by atoms with van der Waals surface area (Å²) in [5, 5.41) is 7.24. The molecule has 36 heavy (non-hydrogen) atoms. The molecule has 0 aliphatic rings. The van der Waals surface area contributed by atoms with Gasteiger partial charge < -0.3 is 26.4 Å². The second kappa shape index (κ2) is 10.8. The Kier molecular flexibility index (Phi) is 7.77. The first kappa shape index (κ1) is 26.0. The van der Waals surface area contributed by atoms with Crippen molar-refractivity contribution in [2.45, 2.75) is 19.6 Å². The number of hydrogen-bond donors (Lipinski definition) is 4. The summed E-state index contributed by atoms with van der Waals surface area (Å²) in [7, 11) is 1.49. The molecule has 0 spiro atoms. The zero-order chi connectivity index (χ0) is 26.5. The van der Waals surface area contributed by atoms with Gasteiger partial charge in [0.05, 0.1) is 16.8 Å². The average molecular weight is 501 g/mol. The first-order chi connectivity index (χ1) is 17.0. The second-order valence-corrected chi connectivity index (χ2v) is 7.59. The van der Waals surface area contributed by atoms with E-state index >= 15 is 0 Å². The lowest BCUT2D eigenvalue weighted by Crippen LogP contribution is -2.30. The fraction of sp³-hybridized carbons (Fsp3) is 0.167. The van der Waals surface area contributed by atoms with E-state index in [-0.39, 0.29) is 35.0 Å². The summed E-state index contributed by atoms with van der Waals surface area (Å²) in [6.07, 6.45) is -3.23. The first-order valence-corrected chi connectivity index (χ1v) is 10.5. The van der Waals surface area contributed by atoms with E-state index in [1.807, 2.05) is 0 Å². The molecular weight excluding hydrogens is 479 g/mol. The van der Waals surface area contributed by atoms with Crippen LogP contribution in [0.4, 0.5) is 23.7 Å². The number of rotatable bonds is 7. The van der Waals surface area contributed by atoms with E-state index in [1.54, 1.807) is 30.3 Å². The number of benzene rings is 2. The number of primary amides is 1. The number of nitrogens with one attached hydrogen (secondary N) is 3. The summed E-state index contributed by atoms with van der Waals surface area (Å²) >= 11 is 0. The van der Waals surface area contributed by atoms with Gasteiger partial charge in [-0.05, 0) is 48.4 Å². The number of hydrogen-bond acceptors (Lipinski definition) is 5. The monoisotopic (exact) mass is 501 g/mol. The summed E-state index contributed by atoms with van der Waals surface area (Å²) in [6.45, 7) is 1.33. The fourth-order valence-electron chi connectivity index (χ4n) is 3.26. The van der Waals surface area contributed by atoms with Crippen molar-refractivity contribution in [2.75, 3.05) is 12.4 Å². The van der Waals surface area contributed by atoms with Gasteiger partial charge in [-0.1, -0.05) is 12.1 Å². The number of ether oxygens (including phenoxy) is 1. The van der Waals surface area contributed by atoms with Crippen LogP contribution in [0.25, 0.3) is 0 Å². The Hall–Kier alpha value is -4.61. The lowest BCUT2D eigenvalue weighted by Gasteiger charge is -2.16. The minimum absolute atomic E-state index is 0.0140. The molecule has 0 fully saturated rings. The van der Waals surface area contributed by atoms with Crippen LogP contribution < -0.4 is 26.4 Å². The minimum atomic E-state index is -4.67. The molecule has 3 aromatic rings. The van der Waals surface area contributed by atoms with Crippen molar-refractivity contribution >= 4 is 23.5 Å². The molecule has 0 aliphatic heterocycles. The number of carbonyl (C=O) groups is 3. The summed E-state index contributed by atoms with van der Waals surface area (Å²) in [6, 6.07) is 10.3. The zero-order valence-electron chi connectivity index (χ0n) is 19.2. The van der Waals surface area contributed by atoms with Gasteiger partial charge in [-0.15, -0.1) is 0 Å². The van der Waals surface area contributed by atoms with E-state index in [2.05, 4.69) is 20.9 Å². The van der Waals surface area contributed by atoms with Crippen molar-refractivity contribution in [1.29, 1.82) is 0 Å². The van der Waals surface area contributed by atoms with Crippen LogP contribution in [0.15, 0.2) is 54.7 Å². The van der Waals surface area contributed by atoms with E-state index in [1.165, 1.54) is 26.2 Å². The maximum absolute atomic E-state index is 13.2. The highest BCUT2D eigenvalue weighted by Crippen LogP contribution is 2.34. The number of carbonyl (C=O) groups excluding carboxylic acids is 3. The quantitative estimate of drug-likeness (QED) is 0.388. The van der Waals surface area contributed by atoms with Gasteiger partial charge in [0.15, 0.2) is 0 Å². The second-order valence-electron chi connectivity index (χ2n) is 7.59. The van der Waals surface area contributed by atoms with Gasteiger partial charge in [0, 0.05) is 25.9 Å². The molecular formula is C24H22F3N5O4. The number of halogens is 3. The number of anilines is 1. The van der Waals surface area contributed by atoms with E-state index in [0.29, 0.717) is 23.1 Å².